The second kappa shape index (κ2) is 10.7. The predicted molar refractivity (Wildman–Crippen MR) is 144 cm³/mol. The number of phenolic OH excluding ortho intramolecular Hbond substituents is 1. The van der Waals surface area contributed by atoms with E-state index in [1.165, 1.54) is 0 Å². The quantitative estimate of drug-likeness (QED) is 0.394. The Morgan fingerprint density at radius 2 is 1.84 bits per heavy atom. The molecular formula is C30H32BrNO5. The first-order valence-electron chi connectivity index (χ1n) is 13.0. The third-order valence-corrected chi connectivity index (χ3v) is 8.18. The molecule has 1 aliphatic heterocycles. The molecule has 1 saturated carbocycles. The smallest absolute Gasteiger partial charge is 0.337 e. The molecule has 194 valence electrons. The van der Waals surface area contributed by atoms with Gasteiger partial charge in [0, 0.05) is 29.3 Å². The van der Waals surface area contributed by atoms with Crippen LogP contribution in [0.3, 0.4) is 0 Å². The average Bonchev–Trinajstić information content (AvgIpc) is 3.39. The fraction of sp³-hybridized carbons (Fsp3) is 0.400. The van der Waals surface area contributed by atoms with Crippen LogP contribution in [0.15, 0.2) is 69.5 Å². The van der Waals surface area contributed by atoms with Gasteiger partial charge in [0.15, 0.2) is 17.3 Å². The SMILES string of the molecule is CCOc1cc([C@H]2C(C(=O)OC3CCCC3)=C(C)NC3=C2C(=O)C[C@@H](c2ccccc2)C3)cc(Br)c1O. The zero-order valence-corrected chi connectivity index (χ0v) is 22.8. The largest absolute Gasteiger partial charge is 0.503 e. The Hall–Kier alpha value is -3.06. The Bertz CT molecular complexity index is 1280. The van der Waals surface area contributed by atoms with Crippen LogP contribution in [0.1, 0.15) is 75.3 Å². The Morgan fingerprint density at radius 3 is 2.54 bits per heavy atom. The summed E-state index contributed by atoms with van der Waals surface area (Å²) < 4.78 is 12.1. The molecule has 2 aromatic carbocycles. The maximum Gasteiger partial charge on any atom is 0.337 e. The molecule has 5 rings (SSSR count). The zero-order chi connectivity index (χ0) is 26.1. The van der Waals surface area contributed by atoms with Gasteiger partial charge in [-0.15, -0.1) is 0 Å². The molecule has 3 aliphatic rings. The molecule has 37 heavy (non-hydrogen) atoms. The van der Waals surface area contributed by atoms with Crippen LogP contribution in [0.25, 0.3) is 0 Å². The molecule has 1 fully saturated rings. The second-order valence-electron chi connectivity index (χ2n) is 10.0. The minimum absolute atomic E-state index is 0.00780. The van der Waals surface area contributed by atoms with Crippen molar-refractivity contribution in [2.24, 2.45) is 0 Å². The third-order valence-electron chi connectivity index (χ3n) is 7.58. The number of rotatable bonds is 6. The van der Waals surface area contributed by atoms with Gasteiger partial charge >= 0.3 is 5.97 Å². The Kier molecular flexibility index (Phi) is 7.43. The van der Waals surface area contributed by atoms with Crippen molar-refractivity contribution in [3.05, 3.63) is 80.6 Å². The summed E-state index contributed by atoms with van der Waals surface area (Å²) in [7, 11) is 0. The summed E-state index contributed by atoms with van der Waals surface area (Å²) in [5.41, 5.74) is 4.39. The number of Topliss-reactive ketones (excluding diaryl/α,β-unsaturated/α-hetero) is 1. The van der Waals surface area contributed by atoms with E-state index in [0.29, 0.717) is 52.1 Å². The number of hydrogen-bond donors (Lipinski definition) is 2. The molecular weight excluding hydrogens is 534 g/mol. The van der Waals surface area contributed by atoms with E-state index in [0.717, 1.165) is 36.9 Å². The molecule has 0 bridgehead atoms. The highest BCUT2D eigenvalue weighted by atomic mass is 79.9. The third kappa shape index (κ3) is 5.06. The van der Waals surface area contributed by atoms with Crippen LogP contribution in [0.5, 0.6) is 11.5 Å². The molecule has 0 radical (unpaired) electrons. The summed E-state index contributed by atoms with van der Waals surface area (Å²) in [4.78, 5) is 27.4. The normalized spacial score (nSPS) is 22.1. The lowest BCUT2D eigenvalue weighted by atomic mass is 9.71. The van der Waals surface area contributed by atoms with Crippen molar-refractivity contribution >= 4 is 27.7 Å². The van der Waals surface area contributed by atoms with Crippen LogP contribution in [0.2, 0.25) is 0 Å². The Labute approximate surface area is 225 Å². The molecule has 2 aliphatic carbocycles. The molecule has 0 unspecified atom stereocenters. The first kappa shape index (κ1) is 25.6. The van der Waals surface area contributed by atoms with Crippen LogP contribution in [-0.2, 0) is 14.3 Å². The molecule has 0 spiro atoms. The van der Waals surface area contributed by atoms with E-state index in [1.807, 2.05) is 32.0 Å². The summed E-state index contributed by atoms with van der Waals surface area (Å²) in [6, 6.07) is 13.6. The van der Waals surface area contributed by atoms with Gasteiger partial charge in [0.05, 0.1) is 16.7 Å². The molecule has 0 amide bonds. The number of esters is 1. The van der Waals surface area contributed by atoms with Crippen molar-refractivity contribution in [3.8, 4) is 11.5 Å². The maximum absolute atomic E-state index is 13.8. The van der Waals surface area contributed by atoms with Crippen molar-refractivity contribution in [2.75, 3.05) is 6.61 Å². The van der Waals surface area contributed by atoms with Crippen LogP contribution in [0.4, 0.5) is 0 Å². The lowest BCUT2D eigenvalue weighted by molar-refractivity contribution is -0.144. The number of aromatic hydroxyl groups is 1. The highest BCUT2D eigenvalue weighted by molar-refractivity contribution is 9.10. The highest BCUT2D eigenvalue weighted by Crippen LogP contribution is 2.48. The second-order valence-corrected chi connectivity index (χ2v) is 10.9. The number of carbonyl (C=O) groups excluding carboxylic acids is 2. The first-order chi connectivity index (χ1) is 17.9. The molecule has 6 nitrogen and oxygen atoms in total. The fourth-order valence-electron chi connectivity index (χ4n) is 5.85. The molecule has 7 heteroatoms. The summed E-state index contributed by atoms with van der Waals surface area (Å²) in [6.45, 7) is 4.08. The fourth-order valence-corrected chi connectivity index (χ4v) is 6.31. The van der Waals surface area contributed by atoms with Gasteiger partial charge in [-0.25, -0.2) is 4.79 Å². The Balaban J connectivity index is 1.60. The van der Waals surface area contributed by atoms with E-state index in [2.05, 4.69) is 33.4 Å². The number of carbonyl (C=O) groups is 2. The van der Waals surface area contributed by atoms with E-state index in [9.17, 15) is 14.7 Å². The summed E-state index contributed by atoms with van der Waals surface area (Å²) >= 11 is 3.44. The summed E-state index contributed by atoms with van der Waals surface area (Å²) in [6.07, 6.45) is 4.76. The van der Waals surface area contributed by atoms with Gasteiger partial charge in [-0.3, -0.25) is 4.79 Å². The number of hydrogen-bond acceptors (Lipinski definition) is 6. The minimum atomic E-state index is -0.620. The number of phenols is 1. The number of allylic oxidation sites excluding steroid dienone is 3. The van der Waals surface area contributed by atoms with Crippen molar-refractivity contribution < 1.29 is 24.2 Å². The van der Waals surface area contributed by atoms with Crippen molar-refractivity contribution in [2.45, 2.75) is 70.3 Å². The number of dihydropyridines is 1. The van der Waals surface area contributed by atoms with E-state index >= 15 is 0 Å². The molecule has 0 aromatic heterocycles. The molecule has 2 atom stereocenters. The van der Waals surface area contributed by atoms with E-state index in [-0.39, 0.29) is 23.6 Å². The van der Waals surface area contributed by atoms with Crippen LogP contribution < -0.4 is 10.1 Å². The van der Waals surface area contributed by atoms with Crippen molar-refractivity contribution in [1.82, 2.24) is 5.32 Å². The van der Waals surface area contributed by atoms with Gasteiger partial charge < -0.3 is 19.9 Å². The monoisotopic (exact) mass is 565 g/mol. The molecule has 2 N–H and O–H groups in total. The number of ether oxygens (including phenoxy) is 2. The number of ketones is 1. The van der Waals surface area contributed by atoms with Gasteiger partial charge in [0.25, 0.3) is 0 Å². The lowest BCUT2D eigenvalue weighted by Gasteiger charge is -2.37. The summed E-state index contributed by atoms with van der Waals surface area (Å²) in [5, 5.41) is 14.0. The minimum Gasteiger partial charge on any atom is -0.503 e. The van der Waals surface area contributed by atoms with E-state index in [4.69, 9.17) is 9.47 Å². The lowest BCUT2D eigenvalue weighted by Crippen LogP contribution is -2.36. The first-order valence-corrected chi connectivity index (χ1v) is 13.8. The van der Waals surface area contributed by atoms with E-state index in [1.54, 1.807) is 12.1 Å². The van der Waals surface area contributed by atoms with Crippen LogP contribution in [-0.4, -0.2) is 29.6 Å². The van der Waals surface area contributed by atoms with Gasteiger partial charge in [-0.2, -0.15) is 0 Å². The maximum atomic E-state index is 13.8. The van der Waals surface area contributed by atoms with Crippen LogP contribution in [0, 0.1) is 0 Å². The average molecular weight is 566 g/mol. The van der Waals surface area contributed by atoms with Crippen molar-refractivity contribution in [1.29, 1.82) is 0 Å². The standard InChI is InChI=1S/C30H32BrNO5/c1-3-36-25-16-20(13-22(31)29(25)34)27-26(30(35)37-21-11-7-8-12-21)17(2)32-23-14-19(15-24(33)28(23)27)18-9-5-4-6-10-18/h4-6,9-10,13,16,19,21,27,32,34H,3,7-8,11-12,14-15H2,1-2H3/t19-,27-/m0/s1. The molecule has 2 aromatic rings. The molecule has 0 saturated heterocycles. The van der Waals surface area contributed by atoms with Gasteiger partial charge in [-0.05, 0) is 91.1 Å². The van der Waals surface area contributed by atoms with Gasteiger partial charge in [-0.1, -0.05) is 30.3 Å². The van der Waals surface area contributed by atoms with Crippen LogP contribution >= 0.6 is 15.9 Å². The summed E-state index contributed by atoms with van der Waals surface area (Å²) in [5.74, 6) is -0.652. The van der Waals surface area contributed by atoms with E-state index < -0.39 is 11.9 Å². The number of nitrogens with one attached hydrogen (secondary N) is 1. The Morgan fingerprint density at radius 1 is 1.11 bits per heavy atom. The topological polar surface area (TPSA) is 84.9 Å². The molecule has 1 heterocycles. The number of benzene rings is 2. The van der Waals surface area contributed by atoms with Gasteiger partial charge in [0.2, 0.25) is 0 Å². The van der Waals surface area contributed by atoms with Gasteiger partial charge in [0.1, 0.15) is 6.10 Å². The predicted octanol–water partition coefficient (Wildman–Crippen LogP) is 6.40. The highest BCUT2D eigenvalue weighted by Gasteiger charge is 2.42. The van der Waals surface area contributed by atoms with Crippen molar-refractivity contribution in [3.63, 3.8) is 0 Å². The zero-order valence-electron chi connectivity index (χ0n) is 21.2. The number of halogens is 1.